The number of nitrogens with zero attached hydrogens (tertiary/aromatic N) is 3. The van der Waals surface area contributed by atoms with Crippen LogP contribution in [-0.4, -0.2) is 20.5 Å². The number of rotatable bonds is 2. The third kappa shape index (κ3) is 2.00. The minimum atomic E-state index is -0.275. The maximum absolute atomic E-state index is 12.0. The molecule has 1 aromatic heterocycles. The average molecular weight is 289 g/mol. The van der Waals surface area contributed by atoms with Crippen LogP contribution >= 0.6 is 11.6 Å². The molecule has 6 heteroatoms. The van der Waals surface area contributed by atoms with E-state index in [1.165, 1.54) is 6.33 Å². The zero-order valence-electron chi connectivity index (χ0n) is 11.1. The fraction of sp³-hybridized carbons (Fsp3) is 0.214. The van der Waals surface area contributed by atoms with Crippen LogP contribution in [0.4, 0.5) is 5.95 Å². The Labute approximate surface area is 121 Å². The van der Waals surface area contributed by atoms with Crippen LogP contribution in [0.15, 0.2) is 41.9 Å². The van der Waals surface area contributed by atoms with E-state index < -0.39 is 0 Å². The second kappa shape index (κ2) is 4.76. The normalized spacial score (nSPS) is 17.6. The van der Waals surface area contributed by atoms with Crippen LogP contribution in [0.5, 0.6) is 0 Å². The molecule has 2 heterocycles. The number of aromatic nitrogens is 3. The van der Waals surface area contributed by atoms with Crippen molar-refractivity contribution in [2.24, 2.45) is 0 Å². The molecule has 1 aliphatic rings. The third-order valence-electron chi connectivity index (χ3n) is 3.36. The Morgan fingerprint density at radius 1 is 1.35 bits per heavy atom. The number of hydrogen-bond acceptors (Lipinski definition) is 4. The van der Waals surface area contributed by atoms with Crippen molar-refractivity contribution in [2.75, 3.05) is 5.32 Å². The van der Waals surface area contributed by atoms with Gasteiger partial charge in [0, 0.05) is 16.3 Å². The molecule has 0 unspecified atom stereocenters. The summed E-state index contributed by atoms with van der Waals surface area (Å²) in [5.41, 5.74) is 2.44. The van der Waals surface area contributed by atoms with Crippen LogP contribution in [0.1, 0.15) is 25.5 Å². The molecule has 0 spiro atoms. The highest BCUT2D eigenvalue weighted by atomic mass is 35.5. The van der Waals surface area contributed by atoms with Gasteiger partial charge >= 0.3 is 0 Å². The van der Waals surface area contributed by atoms with Gasteiger partial charge in [-0.15, -0.1) is 0 Å². The number of anilines is 1. The Kier molecular flexibility index (Phi) is 3.06. The minimum Gasteiger partial charge on any atom is -0.328 e. The number of hydrogen-bond donors (Lipinski definition) is 1. The molecule has 1 N–H and O–H groups in total. The highest BCUT2D eigenvalue weighted by molar-refractivity contribution is 6.30. The molecule has 3 rings (SSSR count). The summed E-state index contributed by atoms with van der Waals surface area (Å²) in [5, 5.41) is 7.99. The second-order valence-corrected chi connectivity index (χ2v) is 5.14. The van der Waals surface area contributed by atoms with Crippen LogP contribution in [0.2, 0.25) is 5.02 Å². The third-order valence-corrected chi connectivity index (χ3v) is 3.61. The van der Waals surface area contributed by atoms with Crippen molar-refractivity contribution in [3.63, 3.8) is 0 Å². The van der Waals surface area contributed by atoms with Crippen molar-refractivity contribution >= 4 is 23.3 Å². The van der Waals surface area contributed by atoms with Gasteiger partial charge in [0.25, 0.3) is 0 Å². The van der Waals surface area contributed by atoms with Crippen molar-refractivity contribution < 1.29 is 4.79 Å². The highest BCUT2D eigenvalue weighted by Gasteiger charge is 2.31. The number of fused-ring (bicyclic) bond motifs is 1. The SMILES string of the molecule is CC(=O)C1=C(C)Nc2ncnn2[C@H]1c1ccc(Cl)cc1. The summed E-state index contributed by atoms with van der Waals surface area (Å²) in [6.45, 7) is 3.43. The van der Waals surface area contributed by atoms with Crippen molar-refractivity contribution in [1.82, 2.24) is 14.8 Å². The van der Waals surface area contributed by atoms with Gasteiger partial charge in [-0.25, -0.2) is 4.68 Å². The van der Waals surface area contributed by atoms with Crippen molar-refractivity contribution in [2.45, 2.75) is 19.9 Å². The van der Waals surface area contributed by atoms with E-state index in [1.54, 1.807) is 11.6 Å². The number of benzene rings is 1. The molecule has 0 saturated carbocycles. The first-order valence-electron chi connectivity index (χ1n) is 6.21. The maximum atomic E-state index is 12.0. The molecular formula is C14H13ClN4O. The van der Waals surface area contributed by atoms with Crippen LogP contribution in [0, 0.1) is 0 Å². The summed E-state index contributed by atoms with van der Waals surface area (Å²) >= 11 is 5.93. The van der Waals surface area contributed by atoms with Gasteiger partial charge in [0.15, 0.2) is 5.78 Å². The first-order chi connectivity index (χ1) is 9.58. The molecule has 0 saturated heterocycles. The Morgan fingerprint density at radius 3 is 2.70 bits per heavy atom. The first kappa shape index (κ1) is 12.9. The smallest absolute Gasteiger partial charge is 0.226 e. The van der Waals surface area contributed by atoms with Gasteiger partial charge in [-0.3, -0.25) is 4.79 Å². The second-order valence-electron chi connectivity index (χ2n) is 4.70. The van der Waals surface area contributed by atoms with E-state index >= 15 is 0 Å². The first-order valence-corrected chi connectivity index (χ1v) is 6.59. The molecule has 0 bridgehead atoms. The van der Waals surface area contributed by atoms with Gasteiger partial charge in [-0.05, 0) is 31.5 Å². The van der Waals surface area contributed by atoms with Crippen molar-refractivity contribution in [1.29, 1.82) is 0 Å². The van der Waals surface area contributed by atoms with Crippen molar-refractivity contribution in [3.05, 3.63) is 52.4 Å². The lowest BCUT2D eigenvalue weighted by Gasteiger charge is -2.28. The molecule has 5 nitrogen and oxygen atoms in total. The summed E-state index contributed by atoms with van der Waals surface area (Å²) in [6, 6.07) is 7.15. The fourth-order valence-corrected chi connectivity index (χ4v) is 2.63. The minimum absolute atomic E-state index is 0.0103. The standard InChI is InChI=1S/C14H13ClN4O/c1-8-12(9(2)20)13(10-3-5-11(15)6-4-10)19-14(18-8)16-7-17-19/h3-7,13H,1-2H3,(H,16,17,18)/t13-/m0/s1. The van der Waals surface area contributed by atoms with Gasteiger partial charge in [0.1, 0.15) is 12.4 Å². The number of halogens is 1. The number of carbonyl (C=O) groups is 1. The quantitative estimate of drug-likeness (QED) is 0.923. The Balaban J connectivity index is 2.19. The van der Waals surface area contributed by atoms with E-state index in [9.17, 15) is 4.79 Å². The molecule has 1 aliphatic heterocycles. The van der Waals surface area contributed by atoms with E-state index in [0.29, 0.717) is 16.5 Å². The van der Waals surface area contributed by atoms with Gasteiger partial charge in [-0.2, -0.15) is 10.1 Å². The lowest BCUT2D eigenvalue weighted by atomic mass is 9.93. The van der Waals surface area contributed by atoms with Crippen LogP contribution in [-0.2, 0) is 4.79 Å². The number of allylic oxidation sites excluding steroid dienone is 2. The molecular weight excluding hydrogens is 276 g/mol. The molecule has 20 heavy (non-hydrogen) atoms. The largest absolute Gasteiger partial charge is 0.328 e. The predicted molar refractivity (Wildman–Crippen MR) is 76.6 cm³/mol. The molecule has 102 valence electrons. The fourth-order valence-electron chi connectivity index (χ4n) is 2.50. The molecule has 1 aromatic carbocycles. The highest BCUT2D eigenvalue weighted by Crippen LogP contribution is 2.35. The Morgan fingerprint density at radius 2 is 2.05 bits per heavy atom. The van der Waals surface area contributed by atoms with Gasteiger partial charge in [0.05, 0.1) is 0 Å². The molecule has 1 atom stereocenters. The molecule has 2 aromatic rings. The predicted octanol–water partition coefficient (Wildman–Crippen LogP) is 2.81. The van der Waals surface area contributed by atoms with E-state index in [2.05, 4.69) is 15.4 Å². The maximum Gasteiger partial charge on any atom is 0.226 e. The summed E-state index contributed by atoms with van der Waals surface area (Å²) in [7, 11) is 0. The van der Waals surface area contributed by atoms with Gasteiger partial charge in [0.2, 0.25) is 5.95 Å². The lowest BCUT2D eigenvalue weighted by Crippen LogP contribution is -2.27. The number of nitrogens with one attached hydrogen (secondary N) is 1. The molecule has 0 aliphatic carbocycles. The summed E-state index contributed by atoms with van der Waals surface area (Å²) in [4.78, 5) is 16.2. The van der Waals surface area contributed by atoms with Gasteiger partial charge in [-0.1, -0.05) is 23.7 Å². The van der Waals surface area contributed by atoms with Gasteiger partial charge < -0.3 is 5.32 Å². The van der Waals surface area contributed by atoms with Crippen LogP contribution in [0.3, 0.4) is 0 Å². The Bertz CT molecular complexity index is 702. The van der Waals surface area contributed by atoms with Crippen LogP contribution in [0.25, 0.3) is 0 Å². The van der Waals surface area contributed by atoms with E-state index in [-0.39, 0.29) is 11.8 Å². The van der Waals surface area contributed by atoms with E-state index in [4.69, 9.17) is 11.6 Å². The van der Waals surface area contributed by atoms with Crippen molar-refractivity contribution in [3.8, 4) is 0 Å². The summed E-state index contributed by atoms with van der Waals surface area (Å²) in [5.74, 6) is 0.642. The monoisotopic (exact) mass is 288 g/mol. The zero-order chi connectivity index (χ0) is 14.3. The van der Waals surface area contributed by atoms with Crippen LogP contribution < -0.4 is 5.32 Å². The zero-order valence-corrected chi connectivity index (χ0v) is 11.8. The lowest BCUT2D eigenvalue weighted by molar-refractivity contribution is -0.114. The van der Waals surface area contributed by atoms with E-state index in [0.717, 1.165) is 11.3 Å². The molecule has 0 radical (unpaired) electrons. The number of carbonyl (C=O) groups excluding carboxylic acids is 1. The summed E-state index contributed by atoms with van der Waals surface area (Å²) < 4.78 is 1.72. The summed E-state index contributed by atoms with van der Waals surface area (Å²) in [6.07, 6.45) is 1.47. The Hall–Kier alpha value is -2.14. The van der Waals surface area contributed by atoms with E-state index in [1.807, 2.05) is 31.2 Å². The molecule has 0 fully saturated rings. The average Bonchev–Trinajstić information content (AvgIpc) is 2.85. The molecule has 0 amide bonds. The number of ketones is 1. The topological polar surface area (TPSA) is 59.8 Å². The number of Topliss-reactive ketones (excluding diaryl/α,β-unsaturated/α-hetero) is 1.